The van der Waals surface area contributed by atoms with Crippen LogP contribution in [0.4, 0.5) is 13.2 Å². The first-order valence-electron chi connectivity index (χ1n) is 13.3. The lowest BCUT2D eigenvalue weighted by atomic mass is 9.94. The van der Waals surface area contributed by atoms with Crippen molar-refractivity contribution in [3.8, 4) is 27.8 Å². The summed E-state index contributed by atoms with van der Waals surface area (Å²) in [5, 5.41) is 1.09. The van der Waals surface area contributed by atoms with Crippen molar-refractivity contribution >= 4 is 35.1 Å². The standard InChI is InChI=1S/C28H30ClF3N4O4S/c1-4-20-17(8-11-36-12-9-18(10-13-36)26(37)40-27(38)28(30,31)32)6-5-7-21(20)23-34-25(41-35-23)19-14-22(29)24(33-15-19)39-16(2)3/h5-7,14-16,18H,4,8-13H2,1-3H3. The van der Waals surface area contributed by atoms with Crippen molar-refractivity contribution in [2.75, 3.05) is 19.6 Å². The van der Waals surface area contributed by atoms with Gasteiger partial charge in [0, 0.05) is 23.9 Å². The predicted octanol–water partition coefficient (Wildman–Crippen LogP) is 6.16. The van der Waals surface area contributed by atoms with Gasteiger partial charge in [0.25, 0.3) is 0 Å². The number of aromatic nitrogens is 3. The van der Waals surface area contributed by atoms with Gasteiger partial charge in [0.1, 0.15) is 10.0 Å². The van der Waals surface area contributed by atoms with Gasteiger partial charge < -0.3 is 14.4 Å². The summed E-state index contributed by atoms with van der Waals surface area (Å²) in [7, 11) is 0. The molecule has 0 N–H and O–H groups in total. The van der Waals surface area contributed by atoms with Gasteiger partial charge >= 0.3 is 18.1 Å². The van der Waals surface area contributed by atoms with Crippen LogP contribution < -0.4 is 4.74 Å². The smallest absolute Gasteiger partial charge is 0.474 e. The Hall–Kier alpha value is -3.09. The van der Waals surface area contributed by atoms with Gasteiger partial charge in [-0.25, -0.2) is 14.8 Å². The summed E-state index contributed by atoms with van der Waals surface area (Å²) in [5.74, 6) is -3.30. The molecule has 1 aromatic carbocycles. The van der Waals surface area contributed by atoms with Crippen molar-refractivity contribution < 1.29 is 32.2 Å². The van der Waals surface area contributed by atoms with E-state index in [1.165, 1.54) is 11.5 Å². The molecule has 41 heavy (non-hydrogen) atoms. The molecular formula is C28H30ClF3N4O4S. The molecule has 1 aliphatic heterocycles. The zero-order chi connectivity index (χ0) is 29.7. The van der Waals surface area contributed by atoms with Gasteiger partial charge in [-0.1, -0.05) is 36.7 Å². The Morgan fingerprint density at radius 2 is 1.95 bits per heavy atom. The molecule has 4 rings (SSSR count). The number of pyridine rings is 1. The van der Waals surface area contributed by atoms with Crippen molar-refractivity contribution in [1.82, 2.24) is 19.2 Å². The van der Waals surface area contributed by atoms with E-state index in [0.717, 1.165) is 35.1 Å². The molecule has 3 aromatic rings. The molecule has 0 saturated carbocycles. The normalized spacial score (nSPS) is 14.8. The third kappa shape index (κ3) is 7.81. The Labute approximate surface area is 245 Å². The summed E-state index contributed by atoms with van der Waals surface area (Å²) >= 11 is 7.63. The highest BCUT2D eigenvalue weighted by Crippen LogP contribution is 2.33. The first kappa shape index (κ1) is 30.9. The van der Waals surface area contributed by atoms with Crippen LogP contribution in [-0.4, -0.2) is 63.1 Å². The summed E-state index contributed by atoms with van der Waals surface area (Å²) in [4.78, 5) is 34.2. The molecule has 0 radical (unpaired) electrons. The molecule has 0 aliphatic carbocycles. The van der Waals surface area contributed by atoms with Crippen LogP contribution >= 0.6 is 23.1 Å². The van der Waals surface area contributed by atoms with Crippen LogP contribution in [0.1, 0.15) is 44.7 Å². The lowest BCUT2D eigenvalue weighted by molar-refractivity contribution is -0.203. The van der Waals surface area contributed by atoms with E-state index in [0.29, 0.717) is 54.2 Å². The average Bonchev–Trinajstić information content (AvgIpc) is 3.42. The number of carbonyl (C=O) groups is 2. The molecular weight excluding hydrogens is 581 g/mol. The first-order valence-corrected chi connectivity index (χ1v) is 14.4. The molecule has 3 heterocycles. The first-order chi connectivity index (χ1) is 19.5. The molecule has 0 amide bonds. The van der Waals surface area contributed by atoms with E-state index in [2.05, 4.69) is 32.0 Å². The number of benzene rings is 1. The van der Waals surface area contributed by atoms with Crippen LogP contribution in [0.5, 0.6) is 5.88 Å². The maximum Gasteiger partial charge on any atom is 0.491 e. The van der Waals surface area contributed by atoms with E-state index in [1.807, 2.05) is 26.0 Å². The van der Waals surface area contributed by atoms with Crippen LogP contribution in [0, 0.1) is 5.92 Å². The third-order valence-electron chi connectivity index (χ3n) is 6.74. The van der Waals surface area contributed by atoms with Crippen molar-refractivity contribution in [2.24, 2.45) is 5.92 Å². The number of piperidine rings is 1. The summed E-state index contributed by atoms with van der Waals surface area (Å²) in [6.07, 6.45) is -1.38. The average molecular weight is 611 g/mol. The second kappa shape index (κ2) is 13.3. The largest absolute Gasteiger partial charge is 0.491 e. The molecule has 220 valence electrons. The zero-order valence-electron chi connectivity index (χ0n) is 22.8. The van der Waals surface area contributed by atoms with Crippen LogP contribution in [0.25, 0.3) is 22.0 Å². The second-order valence-corrected chi connectivity index (χ2v) is 11.1. The van der Waals surface area contributed by atoms with Gasteiger partial charge in [-0.2, -0.15) is 17.5 Å². The number of hydrogen-bond acceptors (Lipinski definition) is 9. The molecule has 1 fully saturated rings. The van der Waals surface area contributed by atoms with Gasteiger partial charge in [0.2, 0.25) is 5.88 Å². The van der Waals surface area contributed by atoms with Gasteiger partial charge in [-0.3, -0.25) is 4.79 Å². The van der Waals surface area contributed by atoms with Crippen molar-refractivity contribution in [3.63, 3.8) is 0 Å². The number of ether oxygens (including phenoxy) is 2. The summed E-state index contributed by atoms with van der Waals surface area (Å²) < 4.78 is 51.4. The van der Waals surface area contributed by atoms with E-state index < -0.39 is 24.0 Å². The molecule has 0 unspecified atom stereocenters. The highest BCUT2D eigenvalue weighted by molar-refractivity contribution is 7.09. The topological polar surface area (TPSA) is 94.5 Å². The molecule has 13 heteroatoms. The van der Waals surface area contributed by atoms with Crippen LogP contribution in [0.15, 0.2) is 30.5 Å². The van der Waals surface area contributed by atoms with Crippen molar-refractivity contribution in [3.05, 3.63) is 46.6 Å². The number of alkyl halides is 3. The lowest BCUT2D eigenvalue weighted by Crippen LogP contribution is -2.39. The minimum Gasteiger partial charge on any atom is -0.474 e. The summed E-state index contributed by atoms with van der Waals surface area (Å²) in [6.45, 7) is 7.64. The van der Waals surface area contributed by atoms with E-state index in [4.69, 9.17) is 21.3 Å². The maximum absolute atomic E-state index is 12.4. The summed E-state index contributed by atoms with van der Waals surface area (Å²) in [5.41, 5.74) is 3.98. The second-order valence-electron chi connectivity index (χ2n) is 9.97. The lowest BCUT2D eigenvalue weighted by Gasteiger charge is -2.30. The highest BCUT2D eigenvalue weighted by atomic mass is 35.5. The number of hydrogen-bond donors (Lipinski definition) is 0. The summed E-state index contributed by atoms with van der Waals surface area (Å²) in [6, 6.07) is 7.81. The Morgan fingerprint density at radius 1 is 1.22 bits per heavy atom. The number of nitrogens with zero attached hydrogens (tertiary/aromatic N) is 4. The van der Waals surface area contributed by atoms with Crippen LogP contribution in [0.3, 0.4) is 0 Å². The van der Waals surface area contributed by atoms with Crippen molar-refractivity contribution in [2.45, 2.75) is 58.7 Å². The van der Waals surface area contributed by atoms with E-state index >= 15 is 0 Å². The predicted molar refractivity (Wildman–Crippen MR) is 149 cm³/mol. The highest BCUT2D eigenvalue weighted by Gasteiger charge is 2.43. The Kier molecular flexibility index (Phi) is 9.98. The van der Waals surface area contributed by atoms with Gasteiger partial charge in [-0.15, -0.1) is 0 Å². The molecule has 2 aromatic heterocycles. The minimum atomic E-state index is -5.18. The molecule has 0 spiro atoms. The van der Waals surface area contributed by atoms with Crippen LogP contribution in [0.2, 0.25) is 5.02 Å². The van der Waals surface area contributed by atoms with Crippen LogP contribution in [-0.2, 0) is 27.2 Å². The fourth-order valence-corrected chi connectivity index (χ4v) is 5.57. The Balaban J connectivity index is 1.39. The van der Waals surface area contributed by atoms with E-state index in [-0.39, 0.29) is 6.10 Å². The number of likely N-dealkylation sites (tertiary alicyclic amines) is 1. The fraction of sp³-hybridized carbons (Fsp3) is 0.464. The third-order valence-corrected chi connectivity index (χ3v) is 7.77. The molecule has 0 atom stereocenters. The zero-order valence-corrected chi connectivity index (χ0v) is 24.4. The number of halogens is 4. The molecule has 0 bridgehead atoms. The molecule has 1 saturated heterocycles. The molecule has 1 aliphatic rings. The van der Waals surface area contributed by atoms with E-state index in [9.17, 15) is 22.8 Å². The fourth-order valence-electron chi connectivity index (χ4n) is 4.70. The molecule has 8 nitrogen and oxygen atoms in total. The Morgan fingerprint density at radius 3 is 2.59 bits per heavy atom. The quantitative estimate of drug-likeness (QED) is 0.210. The maximum atomic E-state index is 12.4. The SMILES string of the molecule is CCc1c(CCN2CCC(C(=O)OC(=O)C(F)(F)F)CC2)cccc1-c1nsc(-c2cnc(OC(C)C)c(Cl)c2)n1. The van der Waals surface area contributed by atoms with Gasteiger partial charge in [-0.05, 0) is 81.3 Å². The number of rotatable bonds is 9. The Bertz CT molecular complexity index is 1390. The van der Waals surface area contributed by atoms with Crippen molar-refractivity contribution in [1.29, 1.82) is 0 Å². The number of esters is 2. The van der Waals surface area contributed by atoms with Gasteiger partial charge in [0.05, 0.1) is 12.0 Å². The minimum absolute atomic E-state index is 0.0482. The number of carbonyl (C=O) groups excluding carboxylic acids is 2. The monoisotopic (exact) mass is 610 g/mol. The van der Waals surface area contributed by atoms with E-state index in [1.54, 1.807) is 12.3 Å². The van der Waals surface area contributed by atoms with Gasteiger partial charge in [0.15, 0.2) is 5.82 Å².